The number of halogens is 1. The minimum atomic E-state index is -0.000278. The third-order valence-electron chi connectivity index (χ3n) is 2.19. The van der Waals surface area contributed by atoms with Crippen LogP contribution in [0, 0.1) is 12.1 Å². The van der Waals surface area contributed by atoms with E-state index in [1.54, 1.807) is 0 Å². The van der Waals surface area contributed by atoms with Gasteiger partial charge >= 0.3 is 0 Å². The van der Waals surface area contributed by atoms with Crippen LogP contribution in [0.1, 0.15) is 32.1 Å². The minimum absolute atomic E-state index is 0.000278. The van der Waals surface area contributed by atoms with Crippen molar-refractivity contribution in [1.29, 1.82) is 0 Å². The van der Waals surface area contributed by atoms with Crippen LogP contribution in [0.5, 0.6) is 0 Å². The fourth-order valence-corrected chi connectivity index (χ4v) is 1.55. The molecule has 1 saturated carbocycles. The average Bonchev–Trinajstić information content (AvgIpc) is 2.05. The molecule has 1 rings (SSSR count). The Morgan fingerprint density at radius 2 is 1.90 bits per heavy atom. The highest BCUT2D eigenvalue weighted by Crippen LogP contribution is 2.32. The van der Waals surface area contributed by atoms with Crippen molar-refractivity contribution in [3.8, 4) is 0 Å². The molecule has 0 atom stereocenters. The summed E-state index contributed by atoms with van der Waals surface area (Å²) in [6.07, 6.45) is 7.06. The molecule has 0 unspecified atom stereocenters. The second-order valence-electron chi connectivity index (χ2n) is 2.92. The molecule has 0 aromatic heterocycles. The van der Waals surface area contributed by atoms with E-state index in [-0.39, 0.29) is 12.1 Å². The first-order valence-electron chi connectivity index (χ1n) is 3.99. The third-order valence-corrected chi connectivity index (χ3v) is 2.19. The first-order chi connectivity index (χ1) is 4.84. The molecule has 1 aliphatic rings. The van der Waals surface area contributed by atoms with Gasteiger partial charge in [0.15, 0.2) is 6.17 Å². The maximum Gasteiger partial charge on any atom is 0.169 e. The van der Waals surface area contributed by atoms with E-state index in [1.165, 1.54) is 25.3 Å². The lowest BCUT2D eigenvalue weighted by Crippen LogP contribution is -2.10. The van der Waals surface area contributed by atoms with Crippen molar-refractivity contribution >= 4 is 0 Å². The molecule has 0 heterocycles. The molecule has 0 N–H and O–H groups in total. The van der Waals surface area contributed by atoms with E-state index in [9.17, 15) is 4.39 Å². The highest BCUT2D eigenvalue weighted by molar-refractivity contribution is 5.01. The molecule has 0 aliphatic heterocycles. The predicted molar refractivity (Wildman–Crippen MR) is 41.1 cm³/mol. The van der Waals surface area contributed by atoms with E-state index in [0.717, 1.165) is 12.8 Å². The summed E-state index contributed by atoms with van der Waals surface area (Å²) in [5.74, 6) is 0.200. The van der Waals surface area contributed by atoms with Gasteiger partial charge in [0.2, 0.25) is 0 Å². The van der Waals surface area contributed by atoms with Gasteiger partial charge in [-0.25, -0.2) is 4.39 Å². The van der Waals surface area contributed by atoms with E-state index >= 15 is 0 Å². The summed E-state index contributed by atoms with van der Waals surface area (Å²) in [5, 5.41) is 0. The van der Waals surface area contributed by atoms with Crippen LogP contribution >= 0.6 is 0 Å². The summed E-state index contributed by atoms with van der Waals surface area (Å²) in [6.45, 7) is 3.42. The van der Waals surface area contributed by atoms with E-state index in [2.05, 4.69) is 6.58 Å². The molecule has 0 spiro atoms. The topological polar surface area (TPSA) is 0 Å². The van der Waals surface area contributed by atoms with Crippen molar-refractivity contribution in [2.75, 3.05) is 0 Å². The van der Waals surface area contributed by atoms with Crippen molar-refractivity contribution in [3.63, 3.8) is 0 Å². The summed E-state index contributed by atoms with van der Waals surface area (Å²) < 4.78 is 12.8. The van der Waals surface area contributed by atoms with Gasteiger partial charge in [-0.15, -0.1) is 0 Å². The molecular weight excluding hydrogens is 127 g/mol. The normalized spacial score (nSPS) is 21.4. The minimum Gasteiger partial charge on any atom is -0.235 e. The largest absolute Gasteiger partial charge is 0.235 e. The molecule has 57 valence electrons. The summed E-state index contributed by atoms with van der Waals surface area (Å²) >= 11 is 0. The Morgan fingerprint density at radius 3 is 2.40 bits per heavy atom. The van der Waals surface area contributed by atoms with Gasteiger partial charge < -0.3 is 0 Å². The first-order valence-corrected chi connectivity index (χ1v) is 3.99. The molecule has 10 heavy (non-hydrogen) atoms. The van der Waals surface area contributed by atoms with Gasteiger partial charge in [0.1, 0.15) is 0 Å². The molecule has 0 amide bonds. The molecule has 0 aromatic rings. The Hall–Kier alpha value is -0.330. The Kier molecular flexibility index (Phi) is 2.91. The van der Waals surface area contributed by atoms with E-state index in [1.807, 2.05) is 0 Å². The Bertz CT molecular complexity index is 103. The van der Waals surface area contributed by atoms with Crippen LogP contribution in [-0.2, 0) is 0 Å². The van der Waals surface area contributed by atoms with E-state index in [0.29, 0.717) is 0 Å². The lowest BCUT2D eigenvalue weighted by atomic mass is 9.86. The second-order valence-corrected chi connectivity index (χ2v) is 2.92. The van der Waals surface area contributed by atoms with Gasteiger partial charge in [0.25, 0.3) is 0 Å². The van der Waals surface area contributed by atoms with Crippen molar-refractivity contribution in [2.45, 2.75) is 32.1 Å². The molecule has 0 saturated heterocycles. The molecule has 0 bridgehead atoms. The van der Waals surface area contributed by atoms with Gasteiger partial charge in [0, 0.05) is 5.92 Å². The van der Waals surface area contributed by atoms with E-state index < -0.39 is 0 Å². The lowest BCUT2D eigenvalue weighted by Gasteiger charge is -2.21. The summed E-state index contributed by atoms with van der Waals surface area (Å²) in [6, 6.07) is 0. The monoisotopic (exact) mass is 141 g/mol. The number of rotatable bonds is 2. The number of allylic oxidation sites excluding steroid dienone is 1. The highest BCUT2D eigenvalue weighted by atomic mass is 19.1. The van der Waals surface area contributed by atoms with E-state index in [4.69, 9.17) is 0 Å². The smallest absolute Gasteiger partial charge is 0.169 e. The zero-order chi connectivity index (χ0) is 7.40. The third kappa shape index (κ3) is 1.83. The fraction of sp³-hybridized carbons (Fsp3) is 0.667. The van der Waals surface area contributed by atoms with Crippen LogP contribution in [0.15, 0.2) is 12.7 Å². The average molecular weight is 141 g/mol. The SMILES string of the molecule is C=C[C](F)C1CCCCC1. The van der Waals surface area contributed by atoms with Crippen molar-refractivity contribution < 1.29 is 4.39 Å². The molecular formula is C9H14F. The van der Waals surface area contributed by atoms with Crippen LogP contribution in [-0.4, -0.2) is 0 Å². The Morgan fingerprint density at radius 1 is 1.30 bits per heavy atom. The van der Waals surface area contributed by atoms with Gasteiger partial charge in [-0.2, -0.15) is 0 Å². The maximum atomic E-state index is 12.8. The zero-order valence-corrected chi connectivity index (χ0v) is 6.28. The van der Waals surface area contributed by atoms with Crippen LogP contribution < -0.4 is 0 Å². The van der Waals surface area contributed by atoms with Crippen LogP contribution in [0.2, 0.25) is 0 Å². The van der Waals surface area contributed by atoms with Crippen molar-refractivity contribution in [2.24, 2.45) is 5.92 Å². The summed E-state index contributed by atoms with van der Waals surface area (Å²) in [5.41, 5.74) is 0. The zero-order valence-electron chi connectivity index (χ0n) is 6.28. The van der Waals surface area contributed by atoms with Crippen LogP contribution in [0.25, 0.3) is 0 Å². The Balaban J connectivity index is 2.30. The number of hydrogen-bond donors (Lipinski definition) is 0. The van der Waals surface area contributed by atoms with Gasteiger partial charge in [0.05, 0.1) is 0 Å². The standard InChI is InChI=1S/C9H14F/c1-2-9(10)8-6-4-3-5-7-8/h2,8H,1,3-7H2. The molecule has 1 aliphatic carbocycles. The van der Waals surface area contributed by atoms with Gasteiger partial charge in [-0.05, 0) is 12.8 Å². The Labute approximate surface area is 62.1 Å². The lowest BCUT2D eigenvalue weighted by molar-refractivity contribution is 0.303. The van der Waals surface area contributed by atoms with Gasteiger partial charge in [-0.3, -0.25) is 0 Å². The molecule has 0 nitrogen and oxygen atoms in total. The molecule has 1 radical (unpaired) electrons. The molecule has 1 heteroatoms. The maximum absolute atomic E-state index is 12.8. The van der Waals surface area contributed by atoms with Crippen LogP contribution in [0.3, 0.4) is 0 Å². The summed E-state index contributed by atoms with van der Waals surface area (Å²) in [7, 11) is 0. The predicted octanol–water partition coefficient (Wildman–Crippen LogP) is 3.25. The summed E-state index contributed by atoms with van der Waals surface area (Å²) in [4.78, 5) is 0. The molecule has 0 aromatic carbocycles. The fourth-order valence-electron chi connectivity index (χ4n) is 1.55. The van der Waals surface area contributed by atoms with Crippen LogP contribution in [0.4, 0.5) is 4.39 Å². The van der Waals surface area contributed by atoms with Crippen molar-refractivity contribution in [3.05, 3.63) is 18.8 Å². The van der Waals surface area contributed by atoms with Gasteiger partial charge in [-0.1, -0.05) is 31.9 Å². The highest BCUT2D eigenvalue weighted by Gasteiger charge is 2.21. The van der Waals surface area contributed by atoms with Crippen molar-refractivity contribution in [1.82, 2.24) is 0 Å². The number of hydrogen-bond acceptors (Lipinski definition) is 0. The quantitative estimate of drug-likeness (QED) is 0.553. The second kappa shape index (κ2) is 3.75. The first kappa shape index (κ1) is 7.77. The molecule has 1 fully saturated rings.